The fraction of sp³-hybridized carbons (Fsp3) is 0.0833. The van der Waals surface area contributed by atoms with Crippen LogP contribution in [0, 0.1) is 0 Å². The molecule has 2 rings (SSSR count). The molecule has 0 fully saturated rings. The van der Waals surface area contributed by atoms with Gasteiger partial charge in [0.25, 0.3) is 0 Å². The Morgan fingerprint density at radius 3 is 2.62 bits per heavy atom. The predicted molar refractivity (Wildman–Crippen MR) is 57.5 cm³/mol. The summed E-state index contributed by atoms with van der Waals surface area (Å²) < 4.78 is 0. The molecule has 0 radical (unpaired) electrons. The fourth-order valence-corrected chi connectivity index (χ4v) is 1.50. The quantitative estimate of drug-likeness (QED) is 0.582. The lowest BCUT2D eigenvalue weighted by atomic mass is 10.1. The van der Waals surface area contributed by atoms with Gasteiger partial charge in [-0.3, -0.25) is 4.99 Å². The van der Waals surface area contributed by atoms with E-state index in [1.807, 2.05) is 6.21 Å². The molecule has 0 aliphatic rings. The van der Waals surface area contributed by atoms with Crippen LogP contribution in [0.25, 0.3) is 10.8 Å². The minimum Gasteiger partial charge on any atom is -0.296 e. The summed E-state index contributed by atoms with van der Waals surface area (Å²) in [4.78, 5) is 4.03. The second kappa shape index (κ2) is 3.40. The van der Waals surface area contributed by atoms with Crippen LogP contribution in [0.3, 0.4) is 0 Å². The van der Waals surface area contributed by atoms with Gasteiger partial charge in [-0.05, 0) is 10.8 Å². The number of nitrogens with zero attached hydrogens (tertiary/aromatic N) is 1. The van der Waals surface area contributed by atoms with E-state index >= 15 is 0 Å². The second-order valence-electron chi connectivity index (χ2n) is 2.96. The lowest BCUT2D eigenvalue weighted by molar-refractivity contribution is 1.47. The van der Waals surface area contributed by atoms with Crippen molar-refractivity contribution >= 4 is 17.0 Å². The maximum atomic E-state index is 4.03. The number of aliphatic imine (C=N–C) groups is 1. The van der Waals surface area contributed by atoms with E-state index in [2.05, 4.69) is 47.5 Å². The molecule has 0 saturated heterocycles. The van der Waals surface area contributed by atoms with Crippen molar-refractivity contribution < 1.29 is 0 Å². The summed E-state index contributed by atoms with van der Waals surface area (Å²) >= 11 is 0. The Kier molecular flexibility index (Phi) is 2.09. The van der Waals surface area contributed by atoms with E-state index in [1.165, 1.54) is 16.3 Å². The zero-order chi connectivity index (χ0) is 9.10. The molecule has 1 heteroatoms. The minimum atomic E-state index is 1.18. The molecule has 0 aliphatic carbocycles. The van der Waals surface area contributed by atoms with Gasteiger partial charge in [-0.25, -0.2) is 0 Å². The molecular formula is C12H11N. The summed E-state index contributed by atoms with van der Waals surface area (Å²) in [5.74, 6) is 0. The van der Waals surface area contributed by atoms with Crippen LogP contribution in [0.2, 0.25) is 0 Å². The van der Waals surface area contributed by atoms with Gasteiger partial charge in [0, 0.05) is 18.8 Å². The van der Waals surface area contributed by atoms with Crippen LogP contribution in [0.5, 0.6) is 0 Å². The number of rotatable bonds is 1. The van der Waals surface area contributed by atoms with E-state index in [0.29, 0.717) is 0 Å². The van der Waals surface area contributed by atoms with Gasteiger partial charge in [-0.15, -0.1) is 0 Å². The Hall–Kier alpha value is -1.63. The van der Waals surface area contributed by atoms with Crippen molar-refractivity contribution in [1.82, 2.24) is 0 Å². The highest BCUT2D eigenvalue weighted by Crippen LogP contribution is 2.16. The molecular weight excluding hydrogens is 158 g/mol. The molecule has 0 aromatic heterocycles. The Bertz CT molecular complexity index is 438. The van der Waals surface area contributed by atoms with Gasteiger partial charge in [0.2, 0.25) is 0 Å². The third kappa shape index (κ3) is 1.45. The summed E-state index contributed by atoms with van der Waals surface area (Å²) in [6.45, 7) is 0. The summed E-state index contributed by atoms with van der Waals surface area (Å²) in [7, 11) is 1.79. The van der Waals surface area contributed by atoms with Crippen molar-refractivity contribution in [1.29, 1.82) is 0 Å². The number of hydrogen-bond acceptors (Lipinski definition) is 1. The lowest BCUT2D eigenvalue weighted by Crippen LogP contribution is -1.82. The zero-order valence-corrected chi connectivity index (χ0v) is 7.57. The van der Waals surface area contributed by atoms with Crippen LogP contribution in [0.4, 0.5) is 0 Å². The summed E-state index contributed by atoms with van der Waals surface area (Å²) in [6, 6.07) is 14.6. The molecule has 0 unspecified atom stereocenters. The van der Waals surface area contributed by atoms with Gasteiger partial charge in [0.1, 0.15) is 0 Å². The maximum absolute atomic E-state index is 4.03. The van der Waals surface area contributed by atoms with E-state index in [1.54, 1.807) is 7.05 Å². The monoisotopic (exact) mass is 169 g/mol. The van der Waals surface area contributed by atoms with Crippen LogP contribution in [-0.2, 0) is 0 Å². The predicted octanol–water partition coefficient (Wildman–Crippen LogP) is 2.89. The first-order valence-corrected chi connectivity index (χ1v) is 4.32. The first-order valence-electron chi connectivity index (χ1n) is 4.32. The maximum Gasteiger partial charge on any atom is 0.0287 e. The van der Waals surface area contributed by atoms with Gasteiger partial charge >= 0.3 is 0 Å². The first kappa shape index (κ1) is 7.99. The summed E-state index contributed by atoms with van der Waals surface area (Å²) in [5.41, 5.74) is 1.18. The SMILES string of the molecule is CN=Cc1cccc2ccccc12. The zero-order valence-electron chi connectivity index (χ0n) is 7.57. The molecule has 0 aliphatic heterocycles. The van der Waals surface area contributed by atoms with E-state index < -0.39 is 0 Å². The molecule has 1 nitrogen and oxygen atoms in total. The average molecular weight is 169 g/mol. The summed E-state index contributed by atoms with van der Waals surface area (Å²) in [5, 5.41) is 2.52. The van der Waals surface area contributed by atoms with E-state index in [-0.39, 0.29) is 0 Å². The number of benzene rings is 2. The highest BCUT2D eigenvalue weighted by molar-refractivity contribution is 5.99. The normalized spacial score (nSPS) is 11.2. The topological polar surface area (TPSA) is 12.4 Å². The molecule has 2 aromatic carbocycles. The van der Waals surface area contributed by atoms with E-state index in [4.69, 9.17) is 0 Å². The average Bonchev–Trinajstić information content (AvgIpc) is 2.19. The van der Waals surface area contributed by atoms with Gasteiger partial charge < -0.3 is 0 Å². The highest BCUT2D eigenvalue weighted by atomic mass is 14.6. The van der Waals surface area contributed by atoms with Crippen molar-refractivity contribution in [2.24, 2.45) is 4.99 Å². The lowest BCUT2D eigenvalue weighted by Gasteiger charge is -1.99. The molecule has 0 heterocycles. The number of fused-ring (bicyclic) bond motifs is 1. The Labute approximate surface area is 77.7 Å². The molecule has 2 aromatic rings. The third-order valence-corrected chi connectivity index (χ3v) is 2.09. The molecule has 0 amide bonds. The molecule has 0 N–H and O–H groups in total. The van der Waals surface area contributed by atoms with Crippen LogP contribution >= 0.6 is 0 Å². The Balaban J connectivity index is 2.75. The molecule has 64 valence electrons. The molecule has 0 bridgehead atoms. The van der Waals surface area contributed by atoms with Gasteiger partial charge in [0.05, 0.1) is 0 Å². The van der Waals surface area contributed by atoms with E-state index in [0.717, 1.165) is 0 Å². The van der Waals surface area contributed by atoms with Crippen LogP contribution in [-0.4, -0.2) is 13.3 Å². The third-order valence-electron chi connectivity index (χ3n) is 2.09. The minimum absolute atomic E-state index is 1.18. The Morgan fingerprint density at radius 1 is 1.00 bits per heavy atom. The van der Waals surface area contributed by atoms with Gasteiger partial charge in [-0.2, -0.15) is 0 Å². The molecule has 13 heavy (non-hydrogen) atoms. The first-order chi connectivity index (χ1) is 6.42. The summed E-state index contributed by atoms with van der Waals surface area (Å²) in [6.07, 6.45) is 1.89. The van der Waals surface area contributed by atoms with Crippen molar-refractivity contribution in [3.8, 4) is 0 Å². The number of hydrogen-bond donors (Lipinski definition) is 0. The van der Waals surface area contributed by atoms with Crippen LogP contribution < -0.4 is 0 Å². The van der Waals surface area contributed by atoms with Crippen LogP contribution in [0.15, 0.2) is 47.5 Å². The standard InChI is InChI=1S/C12H11N/c1-13-9-11-7-4-6-10-5-2-3-8-12(10)11/h2-9H,1H3. The second-order valence-corrected chi connectivity index (χ2v) is 2.96. The largest absolute Gasteiger partial charge is 0.296 e. The molecule has 0 saturated carbocycles. The molecule has 0 spiro atoms. The van der Waals surface area contributed by atoms with E-state index in [9.17, 15) is 0 Å². The smallest absolute Gasteiger partial charge is 0.0287 e. The highest BCUT2D eigenvalue weighted by Gasteiger charge is 1.95. The van der Waals surface area contributed by atoms with Crippen LogP contribution in [0.1, 0.15) is 5.56 Å². The fourth-order valence-electron chi connectivity index (χ4n) is 1.50. The van der Waals surface area contributed by atoms with Gasteiger partial charge in [0.15, 0.2) is 0 Å². The Morgan fingerprint density at radius 2 is 1.77 bits per heavy atom. The van der Waals surface area contributed by atoms with Crippen molar-refractivity contribution in [2.45, 2.75) is 0 Å². The van der Waals surface area contributed by atoms with Crippen molar-refractivity contribution in [2.75, 3.05) is 7.05 Å². The molecule has 0 atom stereocenters. The van der Waals surface area contributed by atoms with Crippen molar-refractivity contribution in [3.63, 3.8) is 0 Å². The van der Waals surface area contributed by atoms with Gasteiger partial charge in [-0.1, -0.05) is 42.5 Å². The van der Waals surface area contributed by atoms with Crippen molar-refractivity contribution in [3.05, 3.63) is 48.0 Å².